The molecule has 3 nitrogen and oxygen atoms in total. The van der Waals surface area contributed by atoms with Gasteiger partial charge in [-0.25, -0.2) is 0 Å². The van der Waals surface area contributed by atoms with E-state index in [1.54, 1.807) is 7.11 Å². The summed E-state index contributed by atoms with van der Waals surface area (Å²) in [6.45, 7) is 0. The smallest absolute Gasteiger partial charge is 0.136 e. The van der Waals surface area contributed by atoms with E-state index in [0.29, 0.717) is 18.6 Å². The lowest BCUT2D eigenvalue weighted by Crippen LogP contribution is -2.05. The summed E-state index contributed by atoms with van der Waals surface area (Å²) in [5.41, 5.74) is 0.813. The van der Waals surface area contributed by atoms with Crippen LogP contribution in [0.3, 0.4) is 0 Å². The molecule has 1 aromatic rings. The highest BCUT2D eigenvalue weighted by atomic mass is 16.5. The molecule has 1 saturated carbocycles. The summed E-state index contributed by atoms with van der Waals surface area (Å²) in [4.78, 5) is 11.5. The summed E-state index contributed by atoms with van der Waals surface area (Å²) in [7, 11) is 1.60. The molecule has 3 heteroatoms. The highest BCUT2D eigenvalue weighted by Crippen LogP contribution is 2.32. The van der Waals surface area contributed by atoms with Gasteiger partial charge in [-0.2, -0.15) is 0 Å². The molecule has 2 rings (SSSR count). The molecule has 17 heavy (non-hydrogen) atoms. The first kappa shape index (κ1) is 12.1. The van der Waals surface area contributed by atoms with E-state index >= 15 is 0 Å². The van der Waals surface area contributed by atoms with Crippen LogP contribution < -0.4 is 4.74 Å². The summed E-state index contributed by atoms with van der Waals surface area (Å²) in [5, 5.41) is 9.98. The van der Waals surface area contributed by atoms with Crippen LogP contribution in [0.25, 0.3) is 0 Å². The maximum Gasteiger partial charge on any atom is 0.136 e. The van der Waals surface area contributed by atoms with Crippen LogP contribution >= 0.6 is 0 Å². The Morgan fingerprint density at radius 3 is 2.94 bits per heavy atom. The van der Waals surface area contributed by atoms with Crippen molar-refractivity contribution < 1.29 is 14.6 Å². The minimum atomic E-state index is -0.576. The molecular formula is C14H18O3. The van der Waals surface area contributed by atoms with Crippen LogP contribution in [0.2, 0.25) is 0 Å². The number of carbonyl (C=O) groups is 1. The van der Waals surface area contributed by atoms with Crippen molar-refractivity contribution in [2.45, 2.75) is 31.8 Å². The number of hydrogen-bond donors (Lipinski definition) is 1. The number of carbonyl (C=O) groups excluding carboxylic acids is 1. The van der Waals surface area contributed by atoms with Gasteiger partial charge in [-0.15, -0.1) is 0 Å². The molecule has 1 fully saturated rings. The van der Waals surface area contributed by atoms with E-state index in [1.165, 1.54) is 0 Å². The summed E-state index contributed by atoms with van der Waals surface area (Å²) in [6.07, 6.45) is 2.47. The summed E-state index contributed by atoms with van der Waals surface area (Å²) < 4.78 is 5.10. The van der Waals surface area contributed by atoms with Gasteiger partial charge >= 0.3 is 0 Å². The molecule has 0 radical (unpaired) electrons. The molecular weight excluding hydrogens is 216 g/mol. The van der Waals surface area contributed by atoms with E-state index in [4.69, 9.17) is 4.74 Å². The quantitative estimate of drug-likeness (QED) is 0.822. The van der Waals surface area contributed by atoms with Crippen molar-refractivity contribution in [1.82, 2.24) is 0 Å². The van der Waals surface area contributed by atoms with Gasteiger partial charge in [-0.05, 0) is 37.0 Å². The molecule has 0 amide bonds. The van der Waals surface area contributed by atoms with E-state index in [2.05, 4.69) is 0 Å². The number of hydrogen-bond acceptors (Lipinski definition) is 3. The predicted octanol–water partition coefficient (Wildman–Crippen LogP) is 2.49. The third-order valence-corrected chi connectivity index (χ3v) is 3.18. The highest BCUT2D eigenvalue weighted by Gasteiger charge is 2.29. The molecule has 0 bridgehead atoms. The number of rotatable bonds is 6. The molecule has 1 aliphatic carbocycles. The molecule has 1 N–H and O–H groups in total. The second-order valence-electron chi connectivity index (χ2n) is 4.57. The maximum absolute atomic E-state index is 11.5. The zero-order valence-electron chi connectivity index (χ0n) is 10.1. The van der Waals surface area contributed by atoms with Crippen molar-refractivity contribution in [3.8, 4) is 5.75 Å². The van der Waals surface area contributed by atoms with Crippen molar-refractivity contribution in [3.63, 3.8) is 0 Å². The number of methoxy groups -OCH3 is 1. The van der Waals surface area contributed by atoms with E-state index in [0.717, 1.165) is 24.2 Å². The predicted molar refractivity (Wildman–Crippen MR) is 64.9 cm³/mol. The van der Waals surface area contributed by atoms with Crippen LogP contribution in [-0.4, -0.2) is 18.0 Å². The Balaban J connectivity index is 1.89. The topological polar surface area (TPSA) is 46.5 Å². The van der Waals surface area contributed by atoms with E-state index in [-0.39, 0.29) is 5.92 Å². The number of benzene rings is 1. The van der Waals surface area contributed by atoms with E-state index < -0.39 is 6.10 Å². The lowest BCUT2D eigenvalue weighted by atomic mass is 10.0. The Bertz CT molecular complexity index is 396. The van der Waals surface area contributed by atoms with Crippen molar-refractivity contribution in [1.29, 1.82) is 0 Å². The second-order valence-corrected chi connectivity index (χ2v) is 4.57. The van der Waals surface area contributed by atoms with Crippen LogP contribution in [0.15, 0.2) is 24.3 Å². The largest absolute Gasteiger partial charge is 0.497 e. The van der Waals surface area contributed by atoms with Gasteiger partial charge < -0.3 is 9.84 Å². The van der Waals surface area contributed by atoms with Gasteiger partial charge in [0, 0.05) is 12.3 Å². The van der Waals surface area contributed by atoms with Crippen molar-refractivity contribution in [2.75, 3.05) is 7.11 Å². The fourth-order valence-corrected chi connectivity index (χ4v) is 1.90. The fourth-order valence-electron chi connectivity index (χ4n) is 1.90. The average molecular weight is 234 g/mol. The Morgan fingerprint density at radius 2 is 2.29 bits per heavy atom. The van der Waals surface area contributed by atoms with Crippen molar-refractivity contribution in [2.24, 2.45) is 5.92 Å². The highest BCUT2D eigenvalue weighted by molar-refractivity contribution is 5.83. The van der Waals surface area contributed by atoms with Crippen molar-refractivity contribution in [3.05, 3.63) is 29.8 Å². The lowest BCUT2D eigenvalue weighted by Gasteiger charge is -2.11. The van der Waals surface area contributed by atoms with Gasteiger partial charge in [-0.3, -0.25) is 4.79 Å². The van der Waals surface area contributed by atoms with Gasteiger partial charge in [0.2, 0.25) is 0 Å². The molecule has 1 atom stereocenters. The Labute approximate surface area is 101 Å². The number of aliphatic hydroxyl groups excluding tert-OH is 1. The van der Waals surface area contributed by atoms with Crippen LogP contribution in [0, 0.1) is 5.92 Å². The van der Waals surface area contributed by atoms with E-state index in [1.807, 2.05) is 24.3 Å². The third kappa shape index (κ3) is 3.30. The van der Waals surface area contributed by atoms with Gasteiger partial charge in [0.05, 0.1) is 13.2 Å². The molecule has 92 valence electrons. The minimum absolute atomic E-state index is 0.285. The standard InChI is InChI=1S/C14H18O3/c1-17-12-4-2-3-11(9-12)14(16)8-7-13(15)10-5-6-10/h2-4,9-10,14,16H,5-8H2,1H3. The molecule has 0 aromatic heterocycles. The first-order valence-corrected chi connectivity index (χ1v) is 6.05. The molecule has 0 saturated heterocycles. The van der Waals surface area contributed by atoms with Gasteiger partial charge in [-0.1, -0.05) is 12.1 Å². The molecule has 0 heterocycles. The van der Waals surface area contributed by atoms with Crippen LogP contribution in [0.1, 0.15) is 37.4 Å². The molecule has 1 aromatic carbocycles. The number of ketones is 1. The number of Topliss-reactive ketones (excluding diaryl/α,β-unsaturated/α-hetero) is 1. The fraction of sp³-hybridized carbons (Fsp3) is 0.500. The lowest BCUT2D eigenvalue weighted by molar-refractivity contribution is -0.120. The van der Waals surface area contributed by atoms with Crippen LogP contribution in [0.5, 0.6) is 5.75 Å². The Kier molecular flexibility index (Phi) is 3.79. The molecule has 1 unspecified atom stereocenters. The maximum atomic E-state index is 11.5. The molecule has 1 aliphatic rings. The Hall–Kier alpha value is -1.35. The zero-order valence-corrected chi connectivity index (χ0v) is 10.1. The number of ether oxygens (including phenoxy) is 1. The van der Waals surface area contributed by atoms with Crippen LogP contribution in [-0.2, 0) is 4.79 Å². The van der Waals surface area contributed by atoms with Crippen molar-refractivity contribution >= 4 is 5.78 Å². The monoisotopic (exact) mass is 234 g/mol. The second kappa shape index (κ2) is 5.32. The summed E-state index contributed by atoms with van der Waals surface area (Å²) >= 11 is 0. The summed E-state index contributed by atoms with van der Waals surface area (Å²) in [5.74, 6) is 1.31. The van der Waals surface area contributed by atoms with Crippen LogP contribution in [0.4, 0.5) is 0 Å². The normalized spacial score (nSPS) is 16.6. The van der Waals surface area contributed by atoms with Gasteiger partial charge in [0.25, 0.3) is 0 Å². The summed E-state index contributed by atoms with van der Waals surface area (Å²) in [6, 6.07) is 7.35. The zero-order chi connectivity index (χ0) is 12.3. The average Bonchev–Trinajstić information content (AvgIpc) is 3.19. The van der Waals surface area contributed by atoms with Gasteiger partial charge in [0.1, 0.15) is 11.5 Å². The van der Waals surface area contributed by atoms with Gasteiger partial charge in [0.15, 0.2) is 0 Å². The third-order valence-electron chi connectivity index (χ3n) is 3.18. The first-order chi connectivity index (χ1) is 8.20. The molecule has 0 spiro atoms. The Morgan fingerprint density at radius 1 is 1.53 bits per heavy atom. The molecule has 0 aliphatic heterocycles. The minimum Gasteiger partial charge on any atom is -0.497 e. The first-order valence-electron chi connectivity index (χ1n) is 6.05. The van der Waals surface area contributed by atoms with E-state index in [9.17, 15) is 9.90 Å². The SMILES string of the molecule is COc1cccc(C(O)CCC(=O)C2CC2)c1. The number of aliphatic hydroxyl groups is 1.